The molecule has 0 aliphatic rings. The van der Waals surface area contributed by atoms with Crippen molar-refractivity contribution in [1.82, 2.24) is 0 Å². The highest BCUT2D eigenvalue weighted by atomic mass is 32.2. The van der Waals surface area contributed by atoms with Crippen molar-refractivity contribution in [3.8, 4) is 11.5 Å². The molecule has 0 aliphatic heterocycles. The Hall–Kier alpha value is -1.27. The number of hydrogen-bond donors (Lipinski definition) is 1. The Morgan fingerprint density at radius 1 is 1.56 bits per heavy atom. The number of methoxy groups -OCH3 is 1. The molecule has 0 fully saturated rings. The maximum absolute atomic E-state index is 11.5. The molecule has 2 N–H and O–H groups in total. The van der Waals surface area contributed by atoms with Crippen LogP contribution >= 0.6 is 0 Å². The fourth-order valence-corrected chi connectivity index (χ4v) is 2.02. The highest BCUT2D eigenvalue weighted by Gasteiger charge is 2.15. The number of benzene rings is 1. The molecule has 0 bridgehead atoms. The summed E-state index contributed by atoms with van der Waals surface area (Å²) >= 11 is 0. The van der Waals surface area contributed by atoms with Crippen molar-refractivity contribution in [2.75, 3.05) is 25.6 Å². The molecule has 6 heteroatoms. The highest BCUT2D eigenvalue weighted by Crippen LogP contribution is 2.30. The molecule has 5 nitrogen and oxygen atoms in total. The molecule has 0 aromatic heterocycles. The zero-order valence-corrected chi connectivity index (χ0v) is 10.4. The van der Waals surface area contributed by atoms with Gasteiger partial charge in [0, 0.05) is 16.4 Å². The van der Waals surface area contributed by atoms with Gasteiger partial charge in [-0.3, -0.25) is 0 Å². The van der Waals surface area contributed by atoms with E-state index in [1.165, 1.54) is 0 Å². The van der Waals surface area contributed by atoms with Crippen LogP contribution in [0.4, 0.5) is 0 Å². The number of ether oxygens (including phenoxy) is 2. The molecule has 0 heterocycles. The summed E-state index contributed by atoms with van der Waals surface area (Å²) in [5.41, 5.74) is 5.52. The van der Waals surface area contributed by atoms with Crippen LogP contribution in [-0.2, 0) is 9.84 Å². The third kappa shape index (κ3) is 4.19. The maximum atomic E-state index is 11.5. The van der Waals surface area contributed by atoms with Gasteiger partial charge < -0.3 is 15.2 Å². The molecular weight excluding hydrogens is 254 g/mol. The molecule has 0 unspecified atom stereocenters. The SMILES string of the molecule is [2H]C([2H])([2H])Oc1ccc([C@]([2H])(N)CS(C)(=O)=O)cc1OC([2H])([2H])C([2H])([2H])[2H]. The van der Waals surface area contributed by atoms with Gasteiger partial charge in [0.15, 0.2) is 11.5 Å². The van der Waals surface area contributed by atoms with Gasteiger partial charge in [0.25, 0.3) is 0 Å². The quantitative estimate of drug-likeness (QED) is 0.846. The van der Waals surface area contributed by atoms with E-state index in [1.54, 1.807) is 0 Å². The second-order valence-corrected chi connectivity index (χ2v) is 5.70. The minimum absolute atomic E-state index is 0.179. The van der Waals surface area contributed by atoms with E-state index in [-0.39, 0.29) is 5.56 Å². The summed E-state index contributed by atoms with van der Waals surface area (Å²) in [6.45, 7) is -6.46. The minimum Gasteiger partial charge on any atom is -0.493 e. The number of nitrogens with two attached hydrogens (primary N) is 1. The van der Waals surface area contributed by atoms with Gasteiger partial charge in [0.05, 0.1) is 27.6 Å². The Kier molecular flexibility index (Phi) is 2.11. The van der Waals surface area contributed by atoms with Crippen molar-refractivity contribution in [3.05, 3.63) is 23.8 Å². The van der Waals surface area contributed by atoms with E-state index in [9.17, 15) is 8.42 Å². The topological polar surface area (TPSA) is 78.6 Å². The van der Waals surface area contributed by atoms with Crippen molar-refractivity contribution >= 4 is 9.84 Å². The Bertz CT molecular complexity index is 787. The van der Waals surface area contributed by atoms with Crippen LogP contribution in [-0.4, -0.2) is 34.0 Å². The van der Waals surface area contributed by atoms with Crippen LogP contribution in [0.3, 0.4) is 0 Å². The predicted octanol–water partition coefficient (Wildman–Crippen LogP) is 1.14. The Morgan fingerprint density at radius 3 is 2.94 bits per heavy atom. The molecule has 0 aliphatic carbocycles. The number of rotatable bonds is 6. The molecule has 1 aromatic carbocycles. The van der Waals surface area contributed by atoms with Crippen LogP contribution in [0.1, 0.15) is 30.8 Å². The molecule has 0 amide bonds. The summed E-state index contributed by atoms with van der Waals surface area (Å²) in [6.07, 6.45) is 0.861. The molecule has 1 rings (SSSR count). The first-order valence-corrected chi connectivity index (χ1v) is 6.79. The molecule has 0 spiro atoms. The van der Waals surface area contributed by atoms with Crippen molar-refractivity contribution < 1.29 is 30.2 Å². The summed E-state index contributed by atoms with van der Waals surface area (Å²) in [5.74, 6) is -1.98. The summed E-state index contributed by atoms with van der Waals surface area (Å²) in [6, 6.07) is 0.780. The number of hydrogen-bond acceptors (Lipinski definition) is 5. The molecular formula is C12H19NO4S. The van der Waals surface area contributed by atoms with Gasteiger partial charge in [-0.05, 0) is 24.5 Å². The lowest BCUT2D eigenvalue weighted by Crippen LogP contribution is -2.20. The third-order valence-electron chi connectivity index (χ3n) is 2.00. The Balaban J connectivity index is 3.46. The van der Waals surface area contributed by atoms with Gasteiger partial charge >= 0.3 is 0 Å². The van der Waals surface area contributed by atoms with Crippen molar-refractivity contribution in [2.24, 2.45) is 5.73 Å². The fraction of sp³-hybridized carbons (Fsp3) is 0.500. The zero-order chi connectivity index (χ0) is 21.5. The molecule has 1 atom stereocenters. The maximum Gasteiger partial charge on any atom is 0.161 e. The highest BCUT2D eigenvalue weighted by molar-refractivity contribution is 7.90. The number of sulfone groups is 1. The second-order valence-electron chi connectivity index (χ2n) is 3.56. The van der Waals surface area contributed by atoms with E-state index < -0.39 is 53.6 Å². The molecule has 18 heavy (non-hydrogen) atoms. The average Bonchev–Trinajstić information content (AvgIpc) is 2.34. The summed E-state index contributed by atoms with van der Waals surface area (Å²) in [4.78, 5) is 0. The largest absolute Gasteiger partial charge is 0.493 e. The van der Waals surface area contributed by atoms with Gasteiger partial charge in [-0.15, -0.1) is 0 Å². The standard InChI is InChI=1S/C12H19NO4S/c1-4-17-12-7-9(5-6-11(12)16-2)10(13)8-18(3,14)15/h5-7,10H,4,8,13H2,1-3H3/t10-/m1/s1/i1D3,2D3,4D2,10D. The smallest absolute Gasteiger partial charge is 0.161 e. The van der Waals surface area contributed by atoms with Crippen LogP contribution < -0.4 is 15.2 Å². The minimum atomic E-state index is -3.68. The van der Waals surface area contributed by atoms with Gasteiger partial charge in [0.1, 0.15) is 9.84 Å². The van der Waals surface area contributed by atoms with Gasteiger partial charge in [-0.25, -0.2) is 8.42 Å². The zero-order valence-electron chi connectivity index (χ0n) is 18.6. The lowest BCUT2D eigenvalue weighted by atomic mass is 10.1. The summed E-state index contributed by atoms with van der Waals surface area (Å²) < 4.78 is 98.3. The van der Waals surface area contributed by atoms with E-state index in [0.717, 1.165) is 24.5 Å². The Morgan fingerprint density at radius 2 is 2.33 bits per heavy atom. The van der Waals surface area contributed by atoms with E-state index in [1.807, 2.05) is 0 Å². The van der Waals surface area contributed by atoms with Gasteiger partial charge in [0.2, 0.25) is 0 Å². The third-order valence-corrected chi connectivity index (χ3v) is 2.84. The normalized spacial score (nSPS) is 24.4. The molecule has 0 saturated heterocycles. The first-order valence-electron chi connectivity index (χ1n) is 9.23. The molecule has 0 radical (unpaired) electrons. The lowest BCUT2D eigenvalue weighted by molar-refractivity contribution is 0.310. The monoisotopic (exact) mass is 282 g/mol. The van der Waals surface area contributed by atoms with E-state index in [0.29, 0.717) is 0 Å². The Labute approximate surface area is 120 Å². The van der Waals surface area contributed by atoms with Crippen molar-refractivity contribution in [1.29, 1.82) is 0 Å². The van der Waals surface area contributed by atoms with E-state index in [4.69, 9.17) is 22.8 Å². The second kappa shape index (κ2) is 6.06. The van der Waals surface area contributed by atoms with E-state index >= 15 is 0 Å². The van der Waals surface area contributed by atoms with Crippen molar-refractivity contribution in [2.45, 2.75) is 12.9 Å². The first-order chi connectivity index (χ1) is 11.7. The fourth-order valence-electron chi connectivity index (χ4n) is 1.29. The van der Waals surface area contributed by atoms with Crippen LogP contribution in [0, 0.1) is 0 Å². The summed E-state index contributed by atoms with van der Waals surface area (Å²) in [5, 5.41) is 0. The van der Waals surface area contributed by atoms with Gasteiger partial charge in [-0.1, -0.05) is 6.07 Å². The van der Waals surface area contributed by atoms with Crippen LogP contribution in [0.15, 0.2) is 18.2 Å². The van der Waals surface area contributed by atoms with Gasteiger partial charge in [-0.2, -0.15) is 0 Å². The molecule has 102 valence electrons. The van der Waals surface area contributed by atoms with Crippen LogP contribution in [0.25, 0.3) is 0 Å². The molecule has 0 saturated carbocycles. The summed E-state index contributed by atoms with van der Waals surface area (Å²) in [7, 11) is -6.64. The first kappa shape index (κ1) is 6.25. The van der Waals surface area contributed by atoms with Crippen LogP contribution in [0.2, 0.25) is 0 Å². The van der Waals surface area contributed by atoms with E-state index in [2.05, 4.69) is 4.74 Å². The van der Waals surface area contributed by atoms with Crippen LogP contribution in [0.5, 0.6) is 11.5 Å². The van der Waals surface area contributed by atoms with Crippen molar-refractivity contribution in [3.63, 3.8) is 0 Å². The average molecular weight is 282 g/mol. The molecule has 1 aromatic rings. The predicted molar refractivity (Wildman–Crippen MR) is 70.8 cm³/mol. The lowest BCUT2D eigenvalue weighted by Gasteiger charge is -2.15.